The molecule has 174 valence electrons. The highest BCUT2D eigenvalue weighted by molar-refractivity contribution is 14.0. The van der Waals surface area contributed by atoms with Gasteiger partial charge in [0.1, 0.15) is 0 Å². The van der Waals surface area contributed by atoms with E-state index in [1.54, 1.807) is 0 Å². The number of piperidine rings is 1. The lowest BCUT2D eigenvalue weighted by Crippen LogP contribution is -2.53. The molecule has 3 heterocycles. The van der Waals surface area contributed by atoms with E-state index in [-0.39, 0.29) is 24.0 Å². The number of hydrogen-bond acceptors (Lipinski definition) is 4. The normalized spacial score (nSPS) is 28.1. The summed E-state index contributed by atoms with van der Waals surface area (Å²) in [5, 5.41) is 7.30. The van der Waals surface area contributed by atoms with Gasteiger partial charge in [0.05, 0.1) is 13.2 Å². The van der Waals surface area contributed by atoms with Crippen LogP contribution in [0.25, 0.3) is 0 Å². The van der Waals surface area contributed by atoms with Gasteiger partial charge < -0.3 is 15.4 Å². The summed E-state index contributed by atoms with van der Waals surface area (Å²) in [4.78, 5) is 9.76. The van der Waals surface area contributed by atoms with Crippen LogP contribution in [-0.4, -0.2) is 80.3 Å². The molecule has 3 atom stereocenters. The third-order valence-electron chi connectivity index (χ3n) is 6.95. The average Bonchev–Trinajstić information content (AvgIpc) is 3.00. The Bertz CT molecular complexity index is 668. The minimum absolute atomic E-state index is 0. The number of morpholine rings is 1. The third-order valence-corrected chi connectivity index (χ3v) is 6.95. The number of fused-ring (bicyclic) bond motifs is 2. The highest BCUT2D eigenvalue weighted by Gasteiger charge is 2.40. The van der Waals surface area contributed by atoms with Gasteiger partial charge >= 0.3 is 0 Å². The molecule has 0 saturated carbocycles. The number of ether oxygens (including phenoxy) is 1. The van der Waals surface area contributed by atoms with Crippen molar-refractivity contribution in [2.45, 2.75) is 57.3 Å². The van der Waals surface area contributed by atoms with Crippen molar-refractivity contribution in [1.29, 1.82) is 0 Å². The predicted molar refractivity (Wildman–Crippen MR) is 138 cm³/mol. The fraction of sp³-hybridized carbons (Fsp3) is 0.708. The summed E-state index contributed by atoms with van der Waals surface area (Å²) in [5.41, 5.74) is 1.44. The number of rotatable bonds is 7. The zero-order valence-electron chi connectivity index (χ0n) is 19.1. The number of halogens is 1. The second kappa shape index (κ2) is 12.4. The molecule has 0 aliphatic carbocycles. The van der Waals surface area contributed by atoms with Crippen LogP contribution in [0.3, 0.4) is 0 Å². The second-order valence-corrected chi connectivity index (χ2v) is 9.33. The SMILES string of the molecule is CN=C(NCC(C)CN1CCOCC1)NC1CC2CCC(C1)N2Cc1ccccc1.I. The lowest BCUT2D eigenvalue weighted by molar-refractivity contribution is 0.0320. The van der Waals surface area contributed by atoms with Gasteiger partial charge in [-0.25, -0.2) is 0 Å². The minimum atomic E-state index is 0. The molecule has 3 aliphatic rings. The van der Waals surface area contributed by atoms with Crippen LogP contribution >= 0.6 is 24.0 Å². The molecule has 1 aromatic carbocycles. The maximum Gasteiger partial charge on any atom is 0.191 e. The van der Waals surface area contributed by atoms with Gasteiger partial charge in [0, 0.05) is 57.9 Å². The van der Waals surface area contributed by atoms with Crippen LogP contribution in [0.2, 0.25) is 0 Å². The Hall–Kier alpha value is -0.900. The predicted octanol–water partition coefficient (Wildman–Crippen LogP) is 2.93. The van der Waals surface area contributed by atoms with Crippen molar-refractivity contribution < 1.29 is 4.74 Å². The van der Waals surface area contributed by atoms with E-state index in [0.717, 1.165) is 51.9 Å². The molecule has 3 fully saturated rings. The molecule has 0 amide bonds. The maximum absolute atomic E-state index is 5.45. The van der Waals surface area contributed by atoms with Gasteiger partial charge in [-0.1, -0.05) is 37.3 Å². The number of hydrogen-bond donors (Lipinski definition) is 2. The second-order valence-electron chi connectivity index (χ2n) is 9.33. The first-order chi connectivity index (χ1) is 14.7. The Morgan fingerprint density at radius 3 is 2.45 bits per heavy atom. The summed E-state index contributed by atoms with van der Waals surface area (Å²) in [6.07, 6.45) is 5.09. The monoisotopic (exact) mass is 541 g/mol. The zero-order chi connectivity index (χ0) is 20.8. The lowest BCUT2D eigenvalue weighted by atomic mass is 9.96. The molecule has 1 aromatic rings. The molecule has 3 saturated heterocycles. The first-order valence-electron chi connectivity index (χ1n) is 11.8. The summed E-state index contributed by atoms with van der Waals surface area (Å²) in [7, 11) is 1.89. The van der Waals surface area contributed by atoms with Crippen LogP contribution in [0.4, 0.5) is 0 Å². The van der Waals surface area contributed by atoms with E-state index in [0.29, 0.717) is 24.0 Å². The van der Waals surface area contributed by atoms with Gasteiger partial charge in [-0.3, -0.25) is 14.8 Å². The summed E-state index contributed by atoms with van der Waals surface area (Å²) in [5.74, 6) is 1.55. The zero-order valence-corrected chi connectivity index (χ0v) is 21.5. The molecule has 0 spiro atoms. The fourth-order valence-corrected chi connectivity index (χ4v) is 5.39. The largest absolute Gasteiger partial charge is 0.379 e. The van der Waals surface area contributed by atoms with Crippen molar-refractivity contribution in [3.05, 3.63) is 35.9 Å². The first kappa shape index (κ1) is 24.7. The Morgan fingerprint density at radius 2 is 1.81 bits per heavy atom. The van der Waals surface area contributed by atoms with Crippen LogP contribution in [-0.2, 0) is 11.3 Å². The number of aliphatic imine (C=N–C) groups is 1. The number of benzene rings is 1. The molecule has 7 heteroatoms. The molecule has 3 unspecified atom stereocenters. The first-order valence-corrected chi connectivity index (χ1v) is 11.8. The number of guanidine groups is 1. The molecular weight excluding hydrogens is 501 g/mol. The van der Waals surface area contributed by atoms with Crippen LogP contribution in [0, 0.1) is 5.92 Å². The Balaban J connectivity index is 0.00000272. The van der Waals surface area contributed by atoms with E-state index >= 15 is 0 Å². The maximum atomic E-state index is 5.45. The summed E-state index contributed by atoms with van der Waals surface area (Å²) in [6.45, 7) is 9.34. The lowest BCUT2D eigenvalue weighted by Gasteiger charge is -2.39. The van der Waals surface area contributed by atoms with Crippen molar-refractivity contribution in [2.24, 2.45) is 10.9 Å². The van der Waals surface area contributed by atoms with Gasteiger partial charge in [0.25, 0.3) is 0 Å². The Labute approximate surface area is 205 Å². The quantitative estimate of drug-likeness (QED) is 0.316. The Kier molecular flexibility index (Phi) is 9.87. The van der Waals surface area contributed by atoms with Crippen molar-refractivity contribution in [2.75, 3.05) is 46.4 Å². The van der Waals surface area contributed by atoms with E-state index in [2.05, 4.69) is 62.7 Å². The van der Waals surface area contributed by atoms with Crippen LogP contribution in [0.5, 0.6) is 0 Å². The smallest absolute Gasteiger partial charge is 0.191 e. The molecule has 0 radical (unpaired) electrons. The van der Waals surface area contributed by atoms with E-state index in [1.807, 2.05) is 7.05 Å². The van der Waals surface area contributed by atoms with E-state index < -0.39 is 0 Å². The molecular formula is C24H40IN5O. The molecule has 2 bridgehead atoms. The van der Waals surface area contributed by atoms with Crippen molar-refractivity contribution in [3.8, 4) is 0 Å². The Morgan fingerprint density at radius 1 is 1.13 bits per heavy atom. The summed E-state index contributed by atoms with van der Waals surface area (Å²) >= 11 is 0. The topological polar surface area (TPSA) is 52.1 Å². The van der Waals surface area contributed by atoms with Crippen molar-refractivity contribution in [3.63, 3.8) is 0 Å². The fourth-order valence-electron chi connectivity index (χ4n) is 5.39. The molecule has 4 rings (SSSR count). The van der Waals surface area contributed by atoms with E-state index in [9.17, 15) is 0 Å². The summed E-state index contributed by atoms with van der Waals surface area (Å²) < 4.78 is 5.45. The van der Waals surface area contributed by atoms with Gasteiger partial charge in [-0.2, -0.15) is 0 Å². The van der Waals surface area contributed by atoms with Crippen molar-refractivity contribution >= 4 is 29.9 Å². The van der Waals surface area contributed by atoms with Crippen LogP contribution in [0.1, 0.15) is 38.2 Å². The van der Waals surface area contributed by atoms with Gasteiger partial charge in [-0.05, 0) is 37.2 Å². The number of nitrogens with zero attached hydrogens (tertiary/aromatic N) is 3. The standard InChI is InChI=1S/C24H39N5O.HI/c1-19(17-28-10-12-30-13-11-28)16-26-24(25-2)27-21-14-22-8-9-23(15-21)29(22)18-20-6-4-3-5-7-20;/h3-7,19,21-23H,8-18H2,1-2H3,(H2,25,26,27);1H. The van der Waals surface area contributed by atoms with Crippen molar-refractivity contribution in [1.82, 2.24) is 20.4 Å². The number of nitrogens with one attached hydrogen (secondary N) is 2. The van der Waals surface area contributed by atoms with E-state index in [4.69, 9.17) is 4.74 Å². The third kappa shape index (κ3) is 7.04. The molecule has 0 aromatic heterocycles. The molecule has 3 aliphatic heterocycles. The van der Waals surface area contributed by atoms with Gasteiger partial charge in [-0.15, -0.1) is 24.0 Å². The summed E-state index contributed by atoms with van der Waals surface area (Å²) in [6, 6.07) is 12.8. The average molecular weight is 542 g/mol. The highest BCUT2D eigenvalue weighted by atomic mass is 127. The van der Waals surface area contributed by atoms with E-state index in [1.165, 1.54) is 31.2 Å². The van der Waals surface area contributed by atoms with Crippen LogP contribution in [0.15, 0.2) is 35.3 Å². The molecule has 31 heavy (non-hydrogen) atoms. The molecule has 6 nitrogen and oxygen atoms in total. The van der Waals surface area contributed by atoms with Gasteiger partial charge in [0.2, 0.25) is 0 Å². The minimum Gasteiger partial charge on any atom is -0.379 e. The van der Waals surface area contributed by atoms with Gasteiger partial charge in [0.15, 0.2) is 5.96 Å². The van der Waals surface area contributed by atoms with Crippen LogP contribution < -0.4 is 10.6 Å². The highest BCUT2D eigenvalue weighted by Crippen LogP contribution is 2.36. The molecule has 2 N–H and O–H groups in total.